The molecule has 3 aromatic carbocycles. The number of pyridine rings is 1. The van der Waals surface area contributed by atoms with Crippen LogP contribution in [0.2, 0.25) is 5.02 Å². The van der Waals surface area contributed by atoms with E-state index in [1.165, 1.54) is 15.9 Å². The molecule has 1 atom stereocenters. The lowest BCUT2D eigenvalue weighted by atomic mass is 9.83. The topological polar surface area (TPSA) is 183 Å². The van der Waals surface area contributed by atoms with Crippen molar-refractivity contribution < 1.29 is 9.59 Å². The van der Waals surface area contributed by atoms with E-state index in [1.807, 2.05) is 124 Å². The minimum atomic E-state index is -1.16. The highest BCUT2D eigenvalue weighted by atomic mass is 35.5. The van der Waals surface area contributed by atoms with E-state index >= 15 is 0 Å². The maximum atomic E-state index is 13.6. The van der Waals surface area contributed by atoms with Gasteiger partial charge in [-0.2, -0.15) is 10.1 Å². The third-order valence-electron chi connectivity index (χ3n) is 10.0. The van der Waals surface area contributed by atoms with Gasteiger partial charge in [-0.05, 0) is 66.4 Å². The largest absolute Gasteiger partial charge is 0.369 e. The van der Waals surface area contributed by atoms with E-state index in [1.54, 1.807) is 41.8 Å². The minimum absolute atomic E-state index is 0.0741. The number of hydrogen-bond donors (Lipinski definition) is 2. The molecule has 3 aromatic heterocycles. The third-order valence-corrected chi connectivity index (χ3v) is 10.2. The molecule has 58 heavy (non-hydrogen) atoms. The quantitative estimate of drug-likeness (QED) is 0.239. The highest BCUT2D eigenvalue weighted by Crippen LogP contribution is 2.40. The van der Waals surface area contributed by atoms with Crippen LogP contribution in [0.1, 0.15) is 41.7 Å². The van der Waals surface area contributed by atoms with Gasteiger partial charge in [0.1, 0.15) is 11.4 Å². The van der Waals surface area contributed by atoms with Crippen molar-refractivity contribution in [3.8, 4) is 11.1 Å². The van der Waals surface area contributed by atoms with Gasteiger partial charge in [0.25, 0.3) is 11.5 Å². The van der Waals surface area contributed by atoms with Crippen LogP contribution in [0.3, 0.4) is 0 Å². The van der Waals surface area contributed by atoms with Crippen LogP contribution >= 0.6 is 11.6 Å². The molecule has 0 aliphatic carbocycles. The lowest BCUT2D eigenvalue weighted by Crippen LogP contribution is -2.47. The molecule has 8 rings (SSSR count). The zero-order valence-corrected chi connectivity index (χ0v) is 33.6. The Kier molecular flexibility index (Phi) is 12.0. The van der Waals surface area contributed by atoms with Gasteiger partial charge in [0, 0.05) is 50.8 Å². The predicted octanol–water partition coefficient (Wildman–Crippen LogP) is 4.90. The number of nitrogens with two attached hydrogens (primary N) is 2. The van der Waals surface area contributed by atoms with Crippen molar-refractivity contribution in [2.75, 3.05) is 7.05 Å². The highest BCUT2D eigenvalue weighted by Gasteiger charge is 2.50. The molecule has 15 heteroatoms. The molecule has 0 saturated heterocycles. The van der Waals surface area contributed by atoms with Crippen molar-refractivity contribution in [3.05, 3.63) is 172 Å². The fraction of sp³-hybridized carbons (Fsp3) is 0.209. The Morgan fingerprint density at radius 3 is 1.98 bits per heavy atom. The number of nitrogens with zero attached hydrogens (tertiary/aromatic N) is 9. The summed E-state index contributed by atoms with van der Waals surface area (Å²) < 4.78 is 3.52. The fourth-order valence-corrected chi connectivity index (χ4v) is 6.73. The number of halogens is 1. The molecule has 2 amide bonds. The Bertz CT molecular complexity index is 2510. The summed E-state index contributed by atoms with van der Waals surface area (Å²) in [4.78, 5) is 56.3. The van der Waals surface area contributed by atoms with Gasteiger partial charge in [0.05, 0.1) is 24.4 Å². The summed E-state index contributed by atoms with van der Waals surface area (Å²) in [6.45, 7) is 3.99. The SMILES string of the molecule is CN1C(=O)C[C@@](C)(c2cc(-c3cccc(Cl)c3)ccn2)N=C1N.Cc1nc(=O)ccn1C.Cn1nccc1CN1C(=O)C(c2ccccc2)(c2ccccc2)N=C1N. The van der Waals surface area contributed by atoms with Gasteiger partial charge < -0.3 is 16.0 Å². The van der Waals surface area contributed by atoms with Crippen LogP contribution in [0.25, 0.3) is 11.1 Å². The predicted molar refractivity (Wildman–Crippen MR) is 224 cm³/mol. The molecule has 0 radical (unpaired) electrons. The first-order valence-corrected chi connectivity index (χ1v) is 18.7. The number of amides is 2. The lowest BCUT2D eigenvalue weighted by Gasteiger charge is -2.32. The first kappa shape index (κ1) is 40.7. The van der Waals surface area contributed by atoms with Gasteiger partial charge in [-0.25, -0.2) is 9.98 Å². The van der Waals surface area contributed by atoms with E-state index in [4.69, 9.17) is 23.1 Å². The second-order valence-corrected chi connectivity index (χ2v) is 14.4. The van der Waals surface area contributed by atoms with Gasteiger partial charge >= 0.3 is 0 Å². The monoisotopic (exact) mass is 797 g/mol. The van der Waals surface area contributed by atoms with Crippen LogP contribution in [0.15, 0.2) is 143 Å². The second-order valence-electron chi connectivity index (χ2n) is 14.0. The van der Waals surface area contributed by atoms with Crippen molar-refractivity contribution in [2.45, 2.75) is 37.9 Å². The van der Waals surface area contributed by atoms with Crippen molar-refractivity contribution in [1.29, 1.82) is 0 Å². The number of carbonyl (C=O) groups is 2. The molecular formula is C43H44ClN11O3. The molecule has 2 aliphatic rings. The molecule has 0 saturated carbocycles. The van der Waals surface area contributed by atoms with E-state index in [9.17, 15) is 14.4 Å². The molecule has 296 valence electrons. The van der Waals surface area contributed by atoms with Crippen LogP contribution < -0.4 is 17.0 Å². The molecule has 5 heterocycles. The molecule has 0 unspecified atom stereocenters. The van der Waals surface area contributed by atoms with E-state index in [-0.39, 0.29) is 35.7 Å². The Morgan fingerprint density at radius 1 is 0.759 bits per heavy atom. The van der Waals surface area contributed by atoms with E-state index < -0.39 is 11.1 Å². The average molecular weight is 798 g/mol. The van der Waals surface area contributed by atoms with E-state index in [0.717, 1.165) is 33.8 Å². The number of guanidine groups is 2. The summed E-state index contributed by atoms with van der Waals surface area (Å²) >= 11 is 6.06. The molecular weight excluding hydrogens is 754 g/mol. The summed E-state index contributed by atoms with van der Waals surface area (Å²) in [6.07, 6.45) is 5.34. The molecule has 14 nitrogen and oxygen atoms in total. The average Bonchev–Trinajstić information content (AvgIpc) is 3.75. The number of carbonyl (C=O) groups excluding carboxylic acids is 2. The maximum absolute atomic E-state index is 13.6. The van der Waals surface area contributed by atoms with Crippen molar-refractivity contribution in [2.24, 2.45) is 35.5 Å². The van der Waals surface area contributed by atoms with Crippen LogP contribution in [-0.2, 0) is 41.3 Å². The third kappa shape index (κ3) is 8.56. The molecule has 4 N–H and O–H groups in total. The summed E-state index contributed by atoms with van der Waals surface area (Å²) in [5, 5.41) is 4.83. The standard InChI is InChI=1S/C20H19N5O.C17H17ClN4O.C6H8N2O/c1-24-17(12-13-22-24)14-25-18(26)20(23-19(25)21,15-8-4-2-5-9-15)16-10-6-3-7-11-16;1-17(10-15(23)22(2)16(19)21-17)14-9-12(6-7-20-14)11-4-3-5-13(18)8-11;1-5-7-6(9)3-4-8(5)2/h2-13H,14H2,1H3,(H2,21,23);3-9H,10H2,1-2H3,(H2,19,21);3-4H,1-2H3/t;17-;/m.0./s1. The van der Waals surface area contributed by atoms with Crippen LogP contribution in [0, 0.1) is 6.92 Å². The van der Waals surface area contributed by atoms with E-state index in [0.29, 0.717) is 17.3 Å². The van der Waals surface area contributed by atoms with Gasteiger partial charge in [0.15, 0.2) is 17.5 Å². The fourth-order valence-electron chi connectivity index (χ4n) is 6.54. The van der Waals surface area contributed by atoms with Gasteiger partial charge in [-0.3, -0.25) is 33.8 Å². The summed E-state index contributed by atoms with van der Waals surface area (Å²) in [5.74, 6) is 0.925. The van der Waals surface area contributed by atoms with Crippen LogP contribution in [0.4, 0.5) is 0 Å². The number of rotatable bonds is 6. The Hall–Kier alpha value is -6.93. The summed E-state index contributed by atoms with van der Waals surface area (Å²) in [7, 11) is 5.31. The van der Waals surface area contributed by atoms with Gasteiger partial charge in [-0.1, -0.05) is 84.4 Å². The number of benzene rings is 3. The second kappa shape index (κ2) is 17.1. The van der Waals surface area contributed by atoms with Gasteiger partial charge in [-0.15, -0.1) is 0 Å². The Morgan fingerprint density at radius 2 is 1.41 bits per heavy atom. The number of hydrogen-bond acceptors (Lipinski definition) is 10. The van der Waals surface area contributed by atoms with Gasteiger partial charge in [0.2, 0.25) is 5.91 Å². The molecule has 0 fully saturated rings. The number of aliphatic imine (C=N–C) groups is 2. The minimum Gasteiger partial charge on any atom is -0.369 e. The Labute approximate surface area is 341 Å². The van der Waals surface area contributed by atoms with Crippen molar-refractivity contribution >= 4 is 35.3 Å². The molecule has 6 aromatic rings. The number of aryl methyl sites for hydroxylation is 3. The first-order valence-electron chi connectivity index (χ1n) is 18.3. The van der Waals surface area contributed by atoms with Crippen molar-refractivity contribution in [1.82, 2.24) is 34.1 Å². The highest BCUT2D eigenvalue weighted by molar-refractivity contribution is 6.30. The Balaban J connectivity index is 0.000000162. The maximum Gasteiger partial charge on any atom is 0.272 e. The van der Waals surface area contributed by atoms with Crippen LogP contribution in [-0.4, -0.2) is 64.9 Å². The van der Waals surface area contributed by atoms with E-state index in [2.05, 4.69) is 25.1 Å². The smallest absolute Gasteiger partial charge is 0.272 e. The first-order chi connectivity index (χ1) is 27.7. The molecule has 2 aliphatic heterocycles. The summed E-state index contributed by atoms with van der Waals surface area (Å²) in [6, 6.07) is 33.8. The van der Waals surface area contributed by atoms with Crippen LogP contribution in [0.5, 0.6) is 0 Å². The zero-order chi connectivity index (χ0) is 41.6. The lowest BCUT2D eigenvalue weighted by molar-refractivity contribution is -0.130. The molecule has 0 spiro atoms. The normalized spacial score (nSPS) is 17.1. The van der Waals surface area contributed by atoms with Crippen molar-refractivity contribution in [3.63, 3.8) is 0 Å². The zero-order valence-electron chi connectivity index (χ0n) is 32.8. The number of aromatic nitrogens is 5. The molecule has 0 bridgehead atoms. The summed E-state index contributed by atoms with van der Waals surface area (Å²) in [5.41, 5.74) is 15.1.